The van der Waals surface area contributed by atoms with Crippen LogP contribution in [0.15, 0.2) is 176 Å². The minimum atomic E-state index is 0.105. The molecule has 4 bridgehead atoms. The summed E-state index contributed by atoms with van der Waals surface area (Å²) in [6.07, 6.45) is 12.2. The van der Waals surface area contributed by atoms with Crippen molar-refractivity contribution in [1.82, 2.24) is 0 Å². The van der Waals surface area contributed by atoms with Gasteiger partial charge in [-0.2, -0.15) is 0 Å². The molecule has 0 radical (unpaired) electrons. The average Bonchev–Trinajstić information content (AvgIpc) is 4.01. The van der Waals surface area contributed by atoms with Gasteiger partial charge in [-0.25, -0.2) is 0 Å². The smallest absolute Gasteiger partial charge is 0.0540 e. The van der Waals surface area contributed by atoms with Crippen LogP contribution in [0.25, 0.3) is 55.3 Å². The molecule has 0 amide bonds. The first-order valence-corrected chi connectivity index (χ1v) is 23.6. The first-order valence-electron chi connectivity index (χ1n) is 23.6. The van der Waals surface area contributed by atoms with Crippen LogP contribution in [0, 0.1) is 23.7 Å². The highest BCUT2D eigenvalue weighted by molar-refractivity contribution is 6.07. The second-order valence-corrected chi connectivity index (χ2v) is 20.0. The Morgan fingerprint density at radius 2 is 0.935 bits per heavy atom. The fourth-order valence-electron chi connectivity index (χ4n) is 15.0. The number of hydrogen-bond donors (Lipinski definition) is 0. The van der Waals surface area contributed by atoms with Crippen LogP contribution >= 0.6 is 0 Å². The molecule has 7 aliphatic carbocycles. The Labute approximate surface area is 366 Å². The molecule has 15 rings (SSSR count). The van der Waals surface area contributed by atoms with Gasteiger partial charge in [-0.3, -0.25) is 0 Å². The van der Waals surface area contributed by atoms with Crippen LogP contribution in [0.2, 0.25) is 0 Å². The summed E-state index contributed by atoms with van der Waals surface area (Å²) in [7, 11) is 0. The van der Waals surface area contributed by atoms with E-state index in [9.17, 15) is 0 Å². The molecule has 1 nitrogen and oxygen atoms in total. The van der Waals surface area contributed by atoms with Gasteiger partial charge < -0.3 is 4.90 Å². The van der Waals surface area contributed by atoms with Gasteiger partial charge >= 0.3 is 0 Å². The summed E-state index contributed by atoms with van der Waals surface area (Å²) in [5.74, 6) is 3.27. The zero-order valence-electron chi connectivity index (χ0n) is 35.4. The maximum absolute atomic E-state index is 2.65. The van der Waals surface area contributed by atoms with Gasteiger partial charge in [-0.05, 0) is 177 Å². The van der Waals surface area contributed by atoms with E-state index < -0.39 is 0 Å². The van der Waals surface area contributed by atoms with Crippen molar-refractivity contribution in [2.24, 2.45) is 23.7 Å². The topological polar surface area (TPSA) is 3.24 Å². The van der Waals surface area contributed by atoms with Crippen LogP contribution in [0.4, 0.5) is 17.1 Å². The van der Waals surface area contributed by atoms with Crippen molar-refractivity contribution >= 4 is 27.8 Å². The maximum atomic E-state index is 2.65. The highest BCUT2D eigenvalue weighted by atomic mass is 15.1. The quantitative estimate of drug-likeness (QED) is 0.168. The van der Waals surface area contributed by atoms with Gasteiger partial charge in [0.2, 0.25) is 0 Å². The van der Waals surface area contributed by atoms with Crippen molar-refractivity contribution < 1.29 is 0 Å². The number of rotatable bonds is 5. The molecule has 300 valence electrons. The zero-order valence-corrected chi connectivity index (χ0v) is 35.4. The van der Waals surface area contributed by atoms with E-state index in [2.05, 4.69) is 181 Å². The zero-order chi connectivity index (χ0) is 40.6. The monoisotopic (exact) mass is 797 g/mol. The Morgan fingerprint density at radius 3 is 1.69 bits per heavy atom. The summed E-state index contributed by atoms with van der Waals surface area (Å²) in [5.41, 5.74) is 21.2. The number of hydrogen-bond acceptors (Lipinski definition) is 1. The molecule has 5 saturated carbocycles. The van der Waals surface area contributed by atoms with E-state index in [1.165, 1.54) is 130 Å². The predicted octanol–water partition coefficient (Wildman–Crippen LogP) is 16.2. The predicted molar refractivity (Wildman–Crippen MR) is 257 cm³/mol. The highest BCUT2D eigenvalue weighted by Gasteiger charge is 2.61. The molecule has 8 aromatic carbocycles. The van der Waals surface area contributed by atoms with Gasteiger partial charge in [0.1, 0.15) is 0 Å². The SMILES string of the molecule is c1ccc(-c2ccc(N(c3ccc4c(c3)[C@]3(c5ccccc5-4)[C@@H]4CC5C[C@@H](C4)C[C@@H]3C5)c3ccc(-c4ccc5c(c4)-c4ccccc4C54CCCC4)c4ccccc34)cc2)cc1. The number of benzene rings is 8. The third-order valence-corrected chi connectivity index (χ3v) is 17.2. The fraction of sp³-hybridized carbons (Fsp3) is 0.246. The first-order chi connectivity index (χ1) is 30.7. The van der Waals surface area contributed by atoms with Crippen LogP contribution in [0.3, 0.4) is 0 Å². The molecule has 0 unspecified atom stereocenters. The fourth-order valence-corrected chi connectivity index (χ4v) is 15.0. The van der Waals surface area contributed by atoms with Crippen molar-refractivity contribution in [2.45, 2.75) is 68.6 Å². The molecule has 0 atom stereocenters. The van der Waals surface area contributed by atoms with E-state index in [0.717, 1.165) is 23.7 Å². The van der Waals surface area contributed by atoms with Crippen LogP contribution in [-0.4, -0.2) is 0 Å². The molecule has 7 aliphatic rings. The van der Waals surface area contributed by atoms with Gasteiger partial charge in [-0.1, -0.05) is 152 Å². The molecule has 0 saturated heterocycles. The standard InChI is InChI=1S/C61H51N/c1-2-12-41(13-3-1)42-20-23-46(24-21-42)62(47-25-26-52-50-15-7-9-19-57(50)61(58(52)38-47)44-33-39-32-40(35-44)36-45(61)34-39)59-29-27-48(49-14-4-5-17-53(49)59)43-22-28-56-54(37-43)51-16-6-8-18-55(51)60(56)30-10-11-31-60/h1-9,12-29,37-40,44-45H,10-11,30-36H2/t39-,40?,44-,45+,61+. The summed E-state index contributed by atoms with van der Waals surface area (Å²) < 4.78 is 0. The Bertz CT molecular complexity index is 3060. The second kappa shape index (κ2) is 13.2. The molecule has 0 heterocycles. The van der Waals surface area contributed by atoms with Crippen molar-refractivity contribution in [3.63, 3.8) is 0 Å². The van der Waals surface area contributed by atoms with Crippen LogP contribution in [0.1, 0.15) is 80.0 Å². The largest absolute Gasteiger partial charge is 0.310 e. The highest BCUT2D eigenvalue weighted by Crippen LogP contribution is 2.70. The molecule has 0 aromatic heterocycles. The van der Waals surface area contributed by atoms with E-state index >= 15 is 0 Å². The molecule has 1 heteroatoms. The van der Waals surface area contributed by atoms with Crippen molar-refractivity contribution in [1.29, 1.82) is 0 Å². The summed E-state index contributed by atoms with van der Waals surface area (Å²) in [4.78, 5) is 2.58. The third-order valence-electron chi connectivity index (χ3n) is 17.2. The van der Waals surface area contributed by atoms with Crippen molar-refractivity contribution in [3.05, 3.63) is 198 Å². The van der Waals surface area contributed by atoms with Crippen LogP contribution in [0.5, 0.6) is 0 Å². The average molecular weight is 798 g/mol. The lowest BCUT2D eigenvalue weighted by atomic mass is 9.43. The molecule has 62 heavy (non-hydrogen) atoms. The van der Waals surface area contributed by atoms with Crippen molar-refractivity contribution in [3.8, 4) is 44.5 Å². The third kappa shape index (κ3) is 4.80. The van der Waals surface area contributed by atoms with Crippen LogP contribution < -0.4 is 4.90 Å². The number of fused-ring (bicyclic) bond motifs is 9. The molecule has 0 N–H and O–H groups in total. The van der Waals surface area contributed by atoms with Gasteiger partial charge in [-0.15, -0.1) is 0 Å². The molecule has 8 aromatic rings. The minimum Gasteiger partial charge on any atom is -0.310 e. The van der Waals surface area contributed by atoms with Gasteiger partial charge in [0.15, 0.2) is 0 Å². The summed E-state index contributed by atoms with van der Waals surface area (Å²) in [6.45, 7) is 0. The Kier molecular flexibility index (Phi) is 7.52. The normalized spacial score (nSPS) is 24.1. The Balaban J connectivity index is 0.951. The van der Waals surface area contributed by atoms with E-state index in [4.69, 9.17) is 0 Å². The molecular weight excluding hydrogens is 747 g/mol. The van der Waals surface area contributed by atoms with Gasteiger partial charge in [0.05, 0.1) is 5.69 Å². The van der Waals surface area contributed by atoms with E-state index in [0.29, 0.717) is 0 Å². The molecule has 5 fully saturated rings. The van der Waals surface area contributed by atoms with Gasteiger partial charge in [0, 0.05) is 27.6 Å². The second-order valence-electron chi connectivity index (χ2n) is 20.0. The van der Waals surface area contributed by atoms with E-state index in [1.807, 2.05) is 0 Å². The Morgan fingerprint density at radius 1 is 0.371 bits per heavy atom. The van der Waals surface area contributed by atoms with E-state index in [1.54, 1.807) is 22.3 Å². The first kappa shape index (κ1) is 35.4. The summed E-state index contributed by atoms with van der Waals surface area (Å²) >= 11 is 0. The summed E-state index contributed by atoms with van der Waals surface area (Å²) in [5, 5.41) is 2.57. The Hall–Kier alpha value is -6.18. The van der Waals surface area contributed by atoms with Crippen molar-refractivity contribution in [2.75, 3.05) is 4.90 Å². The summed E-state index contributed by atoms with van der Waals surface area (Å²) in [6, 6.07) is 67.9. The molecule has 2 spiro atoms. The van der Waals surface area contributed by atoms with Gasteiger partial charge in [0.25, 0.3) is 0 Å². The lowest BCUT2D eigenvalue weighted by Crippen LogP contribution is -2.55. The van der Waals surface area contributed by atoms with Crippen LogP contribution in [-0.2, 0) is 10.8 Å². The minimum absolute atomic E-state index is 0.105. The number of nitrogens with zero attached hydrogens (tertiary/aromatic N) is 1. The number of anilines is 3. The molecule has 0 aliphatic heterocycles. The molecular formula is C61H51N. The lowest BCUT2D eigenvalue weighted by Gasteiger charge is -2.61. The lowest BCUT2D eigenvalue weighted by molar-refractivity contribution is -0.0399. The maximum Gasteiger partial charge on any atom is 0.0540 e. The van der Waals surface area contributed by atoms with E-state index in [-0.39, 0.29) is 10.8 Å².